The predicted octanol–water partition coefficient (Wildman–Crippen LogP) is 2.83. The minimum atomic E-state index is -0.695. The van der Waals surface area contributed by atoms with Crippen LogP contribution in [0.5, 0.6) is 0 Å². The first-order chi connectivity index (χ1) is 9.51. The van der Waals surface area contributed by atoms with Gasteiger partial charge in [-0.15, -0.1) is 0 Å². The Morgan fingerprint density at radius 1 is 1.24 bits per heavy atom. The molecule has 0 atom stereocenters. The molecule has 1 aromatic heterocycles. The summed E-state index contributed by atoms with van der Waals surface area (Å²) >= 11 is 5.73. The summed E-state index contributed by atoms with van der Waals surface area (Å²) in [4.78, 5) is 27.7. The van der Waals surface area contributed by atoms with Crippen molar-refractivity contribution < 1.29 is 14.3 Å². The number of halogens is 1. The second-order valence-corrected chi connectivity index (χ2v) is 6.96. The minimum Gasteiger partial charge on any atom is -0.463 e. The molecule has 0 aliphatic heterocycles. The fraction of sp³-hybridized carbons (Fsp3) is 0.533. The zero-order chi connectivity index (χ0) is 16.3. The van der Waals surface area contributed by atoms with Gasteiger partial charge in [-0.2, -0.15) is 0 Å². The van der Waals surface area contributed by atoms with Crippen molar-refractivity contribution in [2.45, 2.75) is 40.2 Å². The number of amides is 1. The average molecular weight is 313 g/mol. The van der Waals surface area contributed by atoms with E-state index in [9.17, 15) is 9.59 Å². The van der Waals surface area contributed by atoms with Gasteiger partial charge >= 0.3 is 5.97 Å². The lowest BCUT2D eigenvalue weighted by molar-refractivity contribution is -0.154. The van der Waals surface area contributed by atoms with E-state index in [0.717, 1.165) is 0 Å². The Bertz CT molecular complexity index is 519. The summed E-state index contributed by atoms with van der Waals surface area (Å²) < 4.78 is 5.23. The number of aromatic nitrogens is 1. The smallest absolute Gasteiger partial charge is 0.311 e. The largest absolute Gasteiger partial charge is 0.463 e. The second-order valence-electron chi connectivity index (χ2n) is 6.53. The zero-order valence-electron chi connectivity index (χ0n) is 13.0. The highest BCUT2D eigenvalue weighted by Gasteiger charge is 2.28. The van der Waals surface area contributed by atoms with Crippen LogP contribution in [-0.2, 0) is 9.53 Å². The number of rotatable bonds is 4. The van der Waals surface area contributed by atoms with Crippen molar-refractivity contribution in [3.05, 3.63) is 29.0 Å². The van der Waals surface area contributed by atoms with Gasteiger partial charge in [-0.05, 0) is 46.8 Å². The molecule has 0 fully saturated rings. The van der Waals surface area contributed by atoms with E-state index in [0.29, 0.717) is 5.02 Å². The molecule has 0 aliphatic carbocycles. The Kier molecular flexibility index (Phi) is 5.34. The van der Waals surface area contributed by atoms with Gasteiger partial charge in [0.1, 0.15) is 12.3 Å². The first-order valence-electron chi connectivity index (χ1n) is 6.62. The van der Waals surface area contributed by atoms with Crippen molar-refractivity contribution in [3.63, 3.8) is 0 Å². The van der Waals surface area contributed by atoms with E-state index in [1.165, 1.54) is 12.3 Å². The summed E-state index contributed by atoms with van der Waals surface area (Å²) in [5, 5.41) is 3.24. The van der Waals surface area contributed by atoms with Gasteiger partial charge in [0.05, 0.1) is 16.0 Å². The van der Waals surface area contributed by atoms with Gasteiger partial charge in [-0.1, -0.05) is 11.6 Å². The molecule has 0 aliphatic rings. The van der Waals surface area contributed by atoms with E-state index in [-0.39, 0.29) is 24.2 Å². The molecule has 1 amide bonds. The lowest BCUT2D eigenvalue weighted by Crippen LogP contribution is -2.48. The lowest BCUT2D eigenvalue weighted by Gasteiger charge is -2.27. The quantitative estimate of drug-likeness (QED) is 0.868. The molecule has 21 heavy (non-hydrogen) atoms. The number of nitrogens with zero attached hydrogens (tertiary/aromatic N) is 1. The third-order valence-corrected chi connectivity index (χ3v) is 2.81. The number of carbonyl (C=O) groups excluding carboxylic acids is 2. The zero-order valence-corrected chi connectivity index (χ0v) is 13.7. The van der Waals surface area contributed by atoms with Crippen molar-refractivity contribution in [2.75, 3.05) is 6.61 Å². The Hall–Kier alpha value is -1.62. The topological polar surface area (TPSA) is 68.3 Å². The van der Waals surface area contributed by atoms with E-state index in [1.807, 2.05) is 0 Å². The number of ether oxygens (including phenoxy) is 1. The van der Waals surface area contributed by atoms with Crippen LogP contribution in [0.3, 0.4) is 0 Å². The number of pyridine rings is 1. The third-order valence-electron chi connectivity index (χ3n) is 2.59. The monoisotopic (exact) mass is 312 g/mol. The van der Waals surface area contributed by atoms with E-state index >= 15 is 0 Å². The Morgan fingerprint density at radius 3 is 2.33 bits per heavy atom. The van der Waals surface area contributed by atoms with Gasteiger partial charge in [-0.3, -0.25) is 9.59 Å². The molecular weight excluding hydrogens is 292 g/mol. The molecule has 0 saturated carbocycles. The van der Waals surface area contributed by atoms with Gasteiger partial charge in [-0.25, -0.2) is 4.98 Å². The first-order valence-corrected chi connectivity index (χ1v) is 7.00. The number of hydrogen-bond donors (Lipinski definition) is 1. The molecule has 0 bridgehead atoms. The number of carbonyl (C=O) groups is 2. The number of nitrogens with one attached hydrogen (secondary N) is 1. The summed E-state index contributed by atoms with van der Waals surface area (Å²) in [7, 11) is 0. The number of hydrogen-bond acceptors (Lipinski definition) is 4. The second kappa shape index (κ2) is 6.43. The fourth-order valence-electron chi connectivity index (χ4n) is 1.38. The van der Waals surface area contributed by atoms with Gasteiger partial charge in [0.2, 0.25) is 0 Å². The normalized spacial score (nSPS) is 11.9. The predicted molar refractivity (Wildman–Crippen MR) is 81.2 cm³/mol. The summed E-state index contributed by atoms with van der Waals surface area (Å²) in [6.45, 7) is 8.96. The van der Waals surface area contributed by atoms with Crippen LogP contribution in [0.15, 0.2) is 18.3 Å². The summed E-state index contributed by atoms with van der Waals surface area (Å²) in [6, 6.07) is 3.13. The molecule has 0 saturated heterocycles. The van der Waals surface area contributed by atoms with E-state index < -0.39 is 11.0 Å². The van der Waals surface area contributed by atoms with Crippen LogP contribution >= 0.6 is 11.6 Å². The van der Waals surface area contributed by atoms with Crippen molar-refractivity contribution in [3.8, 4) is 0 Å². The average Bonchev–Trinajstić information content (AvgIpc) is 2.35. The molecule has 5 nitrogen and oxygen atoms in total. The van der Waals surface area contributed by atoms with E-state index in [1.54, 1.807) is 40.7 Å². The van der Waals surface area contributed by atoms with Crippen LogP contribution in [0.4, 0.5) is 0 Å². The SMILES string of the molecule is CC(C)(COC(=O)C(C)(C)C)NC(=O)c1ccc(Cl)cn1. The molecule has 1 heterocycles. The van der Waals surface area contributed by atoms with Gasteiger partial charge in [0.15, 0.2) is 0 Å². The Labute approximate surface area is 130 Å². The molecule has 1 rings (SSSR count). The van der Waals surface area contributed by atoms with Crippen molar-refractivity contribution in [1.29, 1.82) is 0 Å². The summed E-state index contributed by atoms with van der Waals surface area (Å²) in [5.74, 6) is -0.655. The van der Waals surface area contributed by atoms with Crippen molar-refractivity contribution in [1.82, 2.24) is 10.3 Å². The van der Waals surface area contributed by atoms with Crippen LogP contribution in [-0.4, -0.2) is 29.0 Å². The third kappa shape index (κ3) is 5.71. The molecule has 0 radical (unpaired) electrons. The molecular formula is C15H21ClN2O3. The van der Waals surface area contributed by atoms with Crippen LogP contribution in [0, 0.1) is 5.41 Å². The van der Waals surface area contributed by atoms with Crippen LogP contribution in [0.25, 0.3) is 0 Å². The van der Waals surface area contributed by atoms with Gasteiger partial charge in [0, 0.05) is 6.20 Å². The molecule has 0 aromatic carbocycles. The van der Waals surface area contributed by atoms with Crippen LogP contribution < -0.4 is 5.32 Å². The summed E-state index contributed by atoms with van der Waals surface area (Å²) in [6.07, 6.45) is 1.41. The molecule has 0 unspecified atom stereocenters. The van der Waals surface area contributed by atoms with Gasteiger partial charge < -0.3 is 10.1 Å². The highest BCUT2D eigenvalue weighted by molar-refractivity contribution is 6.30. The molecule has 6 heteroatoms. The summed E-state index contributed by atoms with van der Waals surface area (Å²) in [5.41, 5.74) is -1.01. The van der Waals surface area contributed by atoms with E-state index in [4.69, 9.17) is 16.3 Å². The van der Waals surface area contributed by atoms with E-state index in [2.05, 4.69) is 10.3 Å². The van der Waals surface area contributed by atoms with Crippen molar-refractivity contribution in [2.24, 2.45) is 5.41 Å². The lowest BCUT2D eigenvalue weighted by atomic mass is 9.97. The molecule has 116 valence electrons. The molecule has 0 spiro atoms. The van der Waals surface area contributed by atoms with Crippen LogP contribution in [0.2, 0.25) is 5.02 Å². The molecule has 1 N–H and O–H groups in total. The van der Waals surface area contributed by atoms with Crippen molar-refractivity contribution >= 4 is 23.5 Å². The highest BCUT2D eigenvalue weighted by Crippen LogP contribution is 2.16. The maximum atomic E-state index is 12.1. The molecule has 1 aromatic rings. The maximum Gasteiger partial charge on any atom is 0.311 e. The fourth-order valence-corrected chi connectivity index (χ4v) is 1.49. The standard InChI is InChI=1S/C15H21ClN2O3/c1-14(2,3)13(20)21-9-15(4,5)18-12(19)11-7-6-10(16)8-17-11/h6-8H,9H2,1-5H3,(H,18,19). The minimum absolute atomic E-state index is 0.0857. The number of esters is 1. The highest BCUT2D eigenvalue weighted by atomic mass is 35.5. The first kappa shape index (κ1) is 17.4. The Morgan fingerprint density at radius 2 is 1.86 bits per heavy atom. The van der Waals surface area contributed by atoms with Gasteiger partial charge in [0.25, 0.3) is 5.91 Å². The Balaban J connectivity index is 2.61. The van der Waals surface area contributed by atoms with Crippen LogP contribution in [0.1, 0.15) is 45.1 Å². The maximum absolute atomic E-state index is 12.1.